The molecule has 6 nitrogen and oxygen atoms in total. The molecule has 4 rings (SSSR count). The van der Waals surface area contributed by atoms with E-state index in [2.05, 4.69) is 34.7 Å². The number of carbonyl (C=O) groups is 1. The smallest absolute Gasteiger partial charge is 0.251 e. The van der Waals surface area contributed by atoms with Gasteiger partial charge in [-0.05, 0) is 79.9 Å². The molecule has 1 fully saturated rings. The zero-order valence-corrected chi connectivity index (χ0v) is 19.8. The van der Waals surface area contributed by atoms with Crippen LogP contribution in [0, 0.1) is 5.92 Å². The molecule has 31 heavy (non-hydrogen) atoms. The lowest BCUT2D eigenvalue weighted by Crippen LogP contribution is -2.41. The Labute approximate surface area is 189 Å². The summed E-state index contributed by atoms with van der Waals surface area (Å²) < 4.78 is 25.6. The molecule has 168 valence electrons. The Morgan fingerprint density at radius 2 is 2.00 bits per heavy atom. The zero-order chi connectivity index (χ0) is 22.0. The number of sulfonamides is 1. The van der Waals surface area contributed by atoms with E-state index in [1.165, 1.54) is 28.3 Å². The van der Waals surface area contributed by atoms with E-state index in [-0.39, 0.29) is 11.9 Å². The van der Waals surface area contributed by atoms with Crippen molar-refractivity contribution in [3.63, 3.8) is 0 Å². The van der Waals surface area contributed by atoms with Gasteiger partial charge in [-0.15, -0.1) is 11.3 Å². The van der Waals surface area contributed by atoms with Crippen LogP contribution in [-0.4, -0.2) is 51.7 Å². The largest absolute Gasteiger partial charge is 0.350 e. The summed E-state index contributed by atoms with van der Waals surface area (Å²) in [5.74, 6) is 0.656. The summed E-state index contributed by atoms with van der Waals surface area (Å²) in [7, 11) is -3.31. The Bertz CT molecular complexity index is 1010. The van der Waals surface area contributed by atoms with Crippen molar-refractivity contribution in [1.29, 1.82) is 0 Å². The van der Waals surface area contributed by atoms with E-state index in [4.69, 9.17) is 0 Å². The SMILES string of the molecule is CC1CCN(C(CNC(=O)c2ccc3c(c2)CCCN3S(C)(=O)=O)c2cccs2)CC1. The predicted molar refractivity (Wildman–Crippen MR) is 126 cm³/mol. The molecule has 0 spiro atoms. The molecular formula is C23H31N3O3S2. The van der Waals surface area contributed by atoms with Gasteiger partial charge in [0, 0.05) is 23.5 Å². The normalized spacial score (nSPS) is 19.1. The number of benzene rings is 1. The number of carbonyl (C=O) groups excluding carboxylic acids is 1. The van der Waals surface area contributed by atoms with Crippen LogP contribution in [0.25, 0.3) is 0 Å². The molecule has 1 atom stereocenters. The molecular weight excluding hydrogens is 430 g/mol. The van der Waals surface area contributed by atoms with Gasteiger partial charge in [-0.25, -0.2) is 8.42 Å². The molecule has 2 aliphatic rings. The van der Waals surface area contributed by atoms with Crippen LogP contribution >= 0.6 is 11.3 Å². The van der Waals surface area contributed by atoms with Gasteiger partial charge >= 0.3 is 0 Å². The number of thiophene rings is 1. The van der Waals surface area contributed by atoms with Crippen LogP contribution in [0.15, 0.2) is 35.7 Å². The molecule has 8 heteroatoms. The highest BCUT2D eigenvalue weighted by Gasteiger charge is 2.27. The van der Waals surface area contributed by atoms with Crippen molar-refractivity contribution in [2.24, 2.45) is 5.92 Å². The number of nitrogens with zero attached hydrogens (tertiary/aromatic N) is 2. The summed E-state index contributed by atoms with van der Waals surface area (Å²) >= 11 is 1.74. The number of fused-ring (bicyclic) bond motifs is 1. The Balaban J connectivity index is 1.47. The minimum atomic E-state index is -3.31. The average molecular weight is 462 g/mol. The van der Waals surface area contributed by atoms with Crippen LogP contribution in [0.3, 0.4) is 0 Å². The molecule has 0 bridgehead atoms. The van der Waals surface area contributed by atoms with Gasteiger partial charge in [-0.1, -0.05) is 13.0 Å². The summed E-state index contributed by atoms with van der Waals surface area (Å²) in [6.07, 6.45) is 5.16. The topological polar surface area (TPSA) is 69.7 Å². The zero-order valence-electron chi connectivity index (χ0n) is 18.2. The first-order chi connectivity index (χ1) is 14.8. The number of aryl methyl sites for hydroxylation is 1. The maximum Gasteiger partial charge on any atom is 0.251 e. The Kier molecular flexibility index (Phi) is 6.69. The number of hydrogen-bond donors (Lipinski definition) is 1. The van der Waals surface area contributed by atoms with E-state index in [9.17, 15) is 13.2 Å². The molecule has 1 unspecified atom stereocenters. The minimum Gasteiger partial charge on any atom is -0.350 e. The van der Waals surface area contributed by atoms with Crippen LogP contribution in [0.4, 0.5) is 5.69 Å². The van der Waals surface area contributed by atoms with Crippen LogP contribution in [0.2, 0.25) is 0 Å². The fraction of sp³-hybridized carbons (Fsp3) is 0.522. The lowest BCUT2D eigenvalue weighted by molar-refractivity contribution is 0.0915. The van der Waals surface area contributed by atoms with E-state index in [0.29, 0.717) is 24.3 Å². The number of likely N-dealkylation sites (tertiary alicyclic amines) is 1. The fourth-order valence-electron chi connectivity index (χ4n) is 4.57. The van der Waals surface area contributed by atoms with Crippen LogP contribution in [0.1, 0.15) is 53.0 Å². The van der Waals surface area contributed by atoms with E-state index in [0.717, 1.165) is 37.4 Å². The molecule has 0 radical (unpaired) electrons. The molecule has 1 N–H and O–H groups in total. The van der Waals surface area contributed by atoms with Gasteiger partial charge in [0.1, 0.15) is 0 Å². The standard InChI is InChI=1S/C23H31N3O3S2/c1-17-9-12-25(13-10-17)21(22-6-4-14-30-22)16-24-23(27)19-7-8-20-18(15-19)5-3-11-26(20)31(2,28)29/h4,6-8,14-15,17,21H,3,5,9-13,16H2,1-2H3,(H,24,27). The second-order valence-electron chi connectivity index (χ2n) is 8.74. The summed E-state index contributed by atoms with van der Waals surface area (Å²) in [6.45, 7) is 5.48. The number of piperidine rings is 1. The van der Waals surface area contributed by atoms with E-state index in [1.54, 1.807) is 23.5 Å². The van der Waals surface area contributed by atoms with Gasteiger partial charge in [0.05, 0.1) is 18.0 Å². The fourth-order valence-corrected chi connectivity index (χ4v) is 6.43. The molecule has 1 aromatic carbocycles. The number of rotatable bonds is 6. The molecule has 1 amide bonds. The molecule has 3 heterocycles. The van der Waals surface area contributed by atoms with E-state index < -0.39 is 10.0 Å². The summed E-state index contributed by atoms with van der Waals surface area (Å²) in [5, 5.41) is 5.23. The van der Waals surface area contributed by atoms with Gasteiger partial charge in [0.15, 0.2) is 0 Å². The summed E-state index contributed by atoms with van der Waals surface area (Å²) in [4.78, 5) is 16.7. The molecule has 0 saturated carbocycles. The van der Waals surface area contributed by atoms with Gasteiger partial charge in [-0.3, -0.25) is 14.0 Å². The first-order valence-electron chi connectivity index (χ1n) is 11.0. The first kappa shape index (κ1) is 22.3. The minimum absolute atomic E-state index is 0.105. The van der Waals surface area contributed by atoms with Crippen LogP contribution < -0.4 is 9.62 Å². The molecule has 1 saturated heterocycles. The molecule has 2 aromatic rings. The van der Waals surface area contributed by atoms with Gasteiger partial charge < -0.3 is 5.32 Å². The second kappa shape index (κ2) is 9.30. The molecule has 1 aromatic heterocycles. The quantitative estimate of drug-likeness (QED) is 0.713. The highest BCUT2D eigenvalue weighted by Crippen LogP contribution is 2.31. The van der Waals surface area contributed by atoms with E-state index in [1.807, 2.05) is 6.07 Å². The third-order valence-corrected chi connectivity index (χ3v) is 8.56. The van der Waals surface area contributed by atoms with Gasteiger partial charge in [0.25, 0.3) is 5.91 Å². The number of nitrogens with one attached hydrogen (secondary N) is 1. The lowest BCUT2D eigenvalue weighted by atomic mass is 9.97. The summed E-state index contributed by atoms with van der Waals surface area (Å²) in [6, 6.07) is 9.77. The third-order valence-electron chi connectivity index (χ3n) is 6.40. The Hall–Kier alpha value is -1.90. The van der Waals surface area contributed by atoms with Crippen molar-refractivity contribution >= 4 is 33.0 Å². The lowest BCUT2D eigenvalue weighted by Gasteiger charge is -2.36. The average Bonchev–Trinajstić information content (AvgIpc) is 3.28. The maximum absolute atomic E-state index is 13.0. The van der Waals surface area contributed by atoms with E-state index >= 15 is 0 Å². The van der Waals surface area contributed by atoms with Crippen molar-refractivity contribution in [2.75, 3.05) is 36.7 Å². The van der Waals surface area contributed by atoms with Crippen LogP contribution in [-0.2, 0) is 16.4 Å². The Morgan fingerprint density at radius 1 is 1.23 bits per heavy atom. The second-order valence-corrected chi connectivity index (χ2v) is 11.6. The number of anilines is 1. The monoisotopic (exact) mass is 461 g/mol. The van der Waals surface area contributed by atoms with Gasteiger partial charge in [0.2, 0.25) is 10.0 Å². The van der Waals surface area contributed by atoms with Crippen molar-refractivity contribution in [2.45, 2.75) is 38.6 Å². The number of hydrogen-bond acceptors (Lipinski definition) is 5. The molecule has 2 aliphatic heterocycles. The van der Waals surface area contributed by atoms with Crippen LogP contribution in [0.5, 0.6) is 0 Å². The van der Waals surface area contributed by atoms with Crippen molar-refractivity contribution in [1.82, 2.24) is 10.2 Å². The van der Waals surface area contributed by atoms with Gasteiger partial charge in [-0.2, -0.15) is 0 Å². The molecule has 0 aliphatic carbocycles. The predicted octanol–water partition coefficient (Wildman–Crippen LogP) is 3.66. The highest BCUT2D eigenvalue weighted by atomic mass is 32.2. The highest BCUT2D eigenvalue weighted by molar-refractivity contribution is 7.92. The third kappa shape index (κ3) is 5.13. The van der Waals surface area contributed by atoms with Crippen molar-refractivity contribution < 1.29 is 13.2 Å². The van der Waals surface area contributed by atoms with Crippen molar-refractivity contribution in [3.8, 4) is 0 Å². The Morgan fingerprint density at radius 3 is 2.68 bits per heavy atom. The maximum atomic E-state index is 13.0. The first-order valence-corrected chi connectivity index (χ1v) is 13.7. The van der Waals surface area contributed by atoms with Crippen molar-refractivity contribution in [3.05, 3.63) is 51.7 Å². The summed E-state index contributed by atoms with van der Waals surface area (Å²) in [5.41, 5.74) is 2.21. The number of amides is 1.